The Kier molecular flexibility index (Phi) is 2.65. The number of nitrogens with two attached hydrogens (primary N) is 1. The average Bonchev–Trinajstić information content (AvgIpc) is 2.76. The molecule has 1 fully saturated rings. The number of hydrogen-bond acceptors (Lipinski definition) is 4. The number of carboxylic acids is 1. The van der Waals surface area contributed by atoms with Crippen LogP contribution in [-0.2, 0) is 9.63 Å². The zero-order valence-corrected chi connectivity index (χ0v) is 8.61. The molecule has 1 aliphatic carbocycles. The summed E-state index contributed by atoms with van der Waals surface area (Å²) in [4.78, 5) is 15.8. The van der Waals surface area contributed by atoms with Crippen molar-refractivity contribution < 1.29 is 14.7 Å². The number of oxime groups is 1. The number of carbonyl (C=O) groups is 1. The summed E-state index contributed by atoms with van der Waals surface area (Å²) >= 11 is 0. The zero-order chi connectivity index (χ0) is 10.9. The second kappa shape index (κ2) is 3.81. The van der Waals surface area contributed by atoms with Crippen molar-refractivity contribution in [3.05, 3.63) is 0 Å². The van der Waals surface area contributed by atoms with Gasteiger partial charge in [-0.05, 0) is 31.7 Å². The van der Waals surface area contributed by atoms with E-state index in [1.54, 1.807) is 0 Å². The quantitative estimate of drug-likeness (QED) is 0.717. The lowest BCUT2D eigenvalue weighted by atomic mass is 9.80. The van der Waals surface area contributed by atoms with E-state index in [1.165, 1.54) is 0 Å². The fraction of sp³-hybridized carbons (Fsp3) is 0.800. The molecule has 0 bridgehead atoms. The Balaban J connectivity index is 2.09. The molecule has 84 valence electrons. The number of rotatable bonds is 3. The third-order valence-corrected chi connectivity index (χ3v) is 3.49. The van der Waals surface area contributed by atoms with Crippen LogP contribution < -0.4 is 5.73 Å². The number of aliphatic carboxylic acids is 1. The van der Waals surface area contributed by atoms with Gasteiger partial charge in [-0.3, -0.25) is 4.79 Å². The minimum atomic E-state index is -0.838. The standard InChI is InChI=1S/C10H16N2O3/c11-5-7-1-2-10(4-7)6-15-12-8(10)3-9(13)14/h7H,1-6,11H2,(H,13,14). The van der Waals surface area contributed by atoms with Gasteiger partial charge in [0.1, 0.15) is 6.61 Å². The van der Waals surface area contributed by atoms with Gasteiger partial charge in [-0.25, -0.2) is 0 Å². The average molecular weight is 212 g/mol. The maximum Gasteiger partial charge on any atom is 0.309 e. The van der Waals surface area contributed by atoms with Crippen LogP contribution in [0.15, 0.2) is 5.16 Å². The second-order valence-electron chi connectivity index (χ2n) is 4.51. The van der Waals surface area contributed by atoms with Gasteiger partial charge >= 0.3 is 5.97 Å². The van der Waals surface area contributed by atoms with Crippen molar-refractivity contribution in [2.45, 2.75) is 25.7 Å². The molecule has 0 aromatic heterocycles. The maximum absolute atomic E-state index is 10.7. The van der Waals surface area contributed by atoms with E-state index < -0.39 is 5.97 Å². The SMILES string of the molecule is NCC1CCC2(CON=C2CC(=O)O)C1. The molecule has 2 rings (SSSR count). The molecule has 5 heteroatoms. The molecule has 1 saturated carbocycles. The molecule has 2 aliphatic rings. The number of carboxylic acid groups (broad SMARTS) is 1. The van der Waals surface area contributed by atoms with Crippen LogP contribution in [-0.4, -0.2) is 29.9 Å². The van der Waals surface area contributed by atoms with Crippen molar-refractivity contribution in [3.8, 4) is 0 Å². The van der Waals surface area contributed by atoms with Gasteiger partial charge in [0.2, 0.25) is 0 Å². The first kappa shape index (κ1) is 10.4. The minimum absolute atomic E-state index is 0.00269. The largest absolute Gasteiger partial charge is 0.481 e. The molecule has 2 atom stereocenters. The van der Waals surface area contributed by atoms with Crippen LogP contribution in [0.4, 0.5) is 0 Å². The van der Waals surface area contributed by atoms with E-state index in [4.69, 9.17) is 15.7 Å². The molecule has 3 N–H and O–H groups in total. The van der Waals surface area contributed by atoms with E-state index in [0.717, 1.165) is 19.3 Å². The van der Waals surface area contributed by atoms with Gasteiger partial charge in [-0.2, -0.15) is 0 Å². The Morgan fingerprint density at radius 1 is 1.73 bits per heavy atom. The van der Waals surface area contributed by atoms with E-state index in [9.17, 15) is 4.79 Å². The Labute approximate surface area is 88.3 Å². The highest BCUT2D eigenvalue weighted by Crippen LogP contribution is 2.46. The first-order chi connectivity index (χ1) is 7.16. The molecule has 1 aliphatic heterocycles. The summed E-state index contributed by atoms with van der Waals surface area (Å²) in [6, 6.07) is 0. The highest BCUT2D eigenvalue weighted by atomic mass is 16.6. The van der Waals surface area contributed by atoms with Gasteiger partial charge in [0, 0.05) is 5.41 Å². The summed E-state index contributed by atoms with van der Waals surface area (Å²) in [6.07, 6.45) is 2.94. The van der Waals surface area contributed by atoms with Gasteiger partial charge in [-0.15, -0.1) is 0 Å². The topological polar surface area (TPSA) is 84.9 Å². The van der Waals surface area contributed by atoms with Crippen molar-refractivity contribution in [3.63, 3.8) is 0 Å². The van der Waals surface area contributed by atoms with Crippen LogP contribution in [0.3, 0.4) is 0 Å². The molecular formula is C10H16N2O3. The molecule has 0 radical (unpaired) electrons. The summed E-state index contributed by atoms with van der Waals surface area (Å²) in [5.41, 5.74) is 6.21. The summed E-state index contributed by atoms with van der Waals surface area (Å²) in [5, 5.41) is 12.7. The monoisotopic (exact) mass is 212 g/mol. The van der Waals surface area contributed by atoms with Crippen LogP contribution in [0.2, 0.25) is 0 Å². The summed E-state index contributed by atoms with van der Waals surface area (Å²) < 4.78 is 0. The summed E-state index contributed by atoms with van der Waals surface area (Å²) in [6.45, 7) is 1.20. The molecule has 1 spiro atoms. The summed E-state index contributed by atoms with van der Waals surface area (Å²) in [5.74, 6) is -0.347. The molecule has 0 aromatic rings. The lowest BCUT2D eigenvalue weighted by molar-refractivity contribution is -0.135. The molecule has 2 unspecified atom stereocenters. The molecule has 0 amide bonds. The van der Waals surface area contributed by atoms with Crippen LogP contribution >= 0.6 is 0 Å². The first-order valence-electron chi connectivity index (χ1n) is 5.27. The van der Waals surface area contributed by atoms with Gasteiger partial charge in [0.25, 0.3) is 0 Å². The van der Waals surface area contributed by atoms with Gasteiger partial charge in [0.05, 0.1) is 12.1 Å². The van der Waals surface area contributed by atoms with Crippen molar-refractivity contribution >= 4 is 11.7 Å². The zero-order valence-electron chi connectivity index (χ0n) is 8.61. The van der Waals surface area contributed by atoms with E-state index in [1.807, 2.05) is 0 Å². The Bertz CT molecular complexity index is 303. The van der Waals surface area contributed by atoms with Crippen molar-refractivity contribution in [2.24, 2.45) is 22.2 Å². The van der Waals surface area contributed by atoms with Crippen LogP contribution in [0, 0.1) is 11.3 Å². The Morgan fingerprint density at radius 3 is 3.13 bits per heavy atom. The second-order valence-corrected chi connectivity index (χ2v) is 4.51. The summed E-state index contributed by atoms with van der Waals surface area (Å²) in [7, 11) is 0. The normalized spacial score (nSPS) is 34.2. The van der Waals surface area contributed by atoms with Crippen LogP contribution in [0.1, 0.15) is 25.7 Å². The van der Waals surface area contributed by atoms with Crippen LogP contribution in [0.5, 0.6) is 0 Å². The molecule has 5 nitrogen and oxygen atoms in total. The van der Waals surface area contributed by atoms with Crippen molar-refractivity contribution in [1.82, 2.24) is 0 Å². The number of hydrogen-bond donors (Lipinski definition) is 2. The predicted molar refractivity (Wildman–Crippen MR) is 54.5 cm³/mol. The first-order valence-corrected chi connectivity index (χ1v) is 5.27. The van der Waals surface area contributed by atoms with Crippen molar-refractivity contribution in [1.29, 1.82) is 0 Å². The molecule has 15 heavy (non-hydrogen) atoms. The van der Waals surface area contributed by atoms with Gasteiger partial charge in [-0.1, -0.05) is 5.16 Å². The predicted octanol–water partition coefficient (Wildman–Crippen LogP) is 0.593. The lowest BCUT2D eigenvalue weighted by Gasteiger charge is -2.21. The fourth-order valence-electron chi connectivity index (χ4n) is 2.61. The highest BCUT2D eigenvalue weighted by Gasteiger charge is 2.47. The Hall–Kier alpha value is -1.10. The Morgan fingerprint density at radius 2 is 2.53 bits per heavy atom. The molecule has 0 saturated heterocycles. The molecule has 1 heterocycles. The molecular weight excluding hydrogens is 196 g/mol. The van der Waals surface area contributed by atoms with E-state index >= 15 is 0 Å². The van der Waals surface area contributed by atoms with Gasteiger partial charge in [0.15, 0.2) is 0 Å². The highest BCUT2D eigenvalue weighted by molar-refractivity contribution is 6.02. The van der Waals surface area contributed by atoms with Gasteiger partial charge < -0.3 is 15.7 Å². The third kappa shape index (κ3) is 1.84. The van der Waals surface area contributed by atoms with E-state index in [0.29, 0.717) is 24.8 Å². The van der Waals surface area contributed by atoms with E-state index in [2.05, 4.69) is 5.16 Å². The fourth-order valence-corrected chi connectivity index (χ4v) is 2.61. The van der Waals surface area contributed by atoms with E-state index in [-0.39, 0.29) is 11.8 Å². The minimum Gasteiger partial charge on any atom is -0.481 e. The lowest BCUT2D eigenvalue weighted by Crippen LogP contribution is -2.30. The maximum atomic E-state index is 10.7. The van der Waals surface area contributed by atoms with Crippen molar-refractivity contribution in [2.75, 3.05) is 13.2 Å². The van der Waals surface area contributed by atoms with Crippen LogP contribution in [0.25, 0.3) is 0 Å². The number of nitrogens with zero attached hydrogens (tertiary/aromatic N) is 1. The smallest absolute Gasteiger partial charge is 0.309 e. The molecule has 0 aromatic carbocycles. The third-order valence-electron chi connectivity index (χ3n) is 3.49.